The molecule has 3 unspecified atom stereocenters. The number of hydrogen-bond donors (Lipinski definition) is 1. The fraction of sp³-hybridized carbons (Fsp3) is 1.00. The molecule has 0 aromatic carbocycles. The molecule has 84 valence electrons. The van der Waals surface area contributed by atoms with E-state index in [0.717, 1.165) is 12.5 Å². The van der Waals surface area contributed by atoms with E-state index in [1.54, 1.807) is 0 Å². The Morgan fingerprint density at radius 3 is 2.64 bits per heavy atom. The summed E-state index contributed by atoms with van der Waals surface area (Å²) in [6, 6.07) is 0.658. The lowest BCUT2D eigenvalue weighted by atomic mass is 10.0. The van der Waals surface area contributed by atoms with Crippen molar-refractivity contribution in [2.24, 2.45) is 17.6 Å². The van der Waals surface area contributed by atoms with Crippen LogP contribution in [0.1, 0.15) is 40.0 Å². The lowest BCUT2D eigenvalue weighted by Gasteiger charge is -2.31. The highest BCUT2D eigenvalue weighted by Gasteiger charge is 2.21. The SMILES string of the molecule is CC1CCCN(C(C)C(C)CN)CC1. The predicted molar refractivity (Wildman–Crippen MR) is 62.3 cm³/mol. The first-order valence-electron chi connectivity index (χ1n) is 6.09. The van der Waals surface area contributed by atoms with Crippen molar-refractivity contribution in [1.29, 1.82) is 0 Å². The molecule has 1 fully saturated rings. The molecule has 0 radical (unpaired) electrons. The molecular formula is C12H26N2. The van der Waals surface area contributed by atoms with Gasteiger partial charge in [-0.3, -0.25) is 0 Å². The molecule has 14 heavy (non-hydrogen) atoms. The largest absolute Gasteiger partial charge is 0.330 e. The van der Waals surface area contributed by atoms with Gasteiger partial charge in [0.05, 0.1) is 0 Å². The monoisotopic (exact) mass is 198 g/mol. The first-order chi connectivity index (χ1) is 6.65. The molecule has 1 saturated heterocycles. The van der Waals surface area contributed by atoms with Gasteiger partial charge in [0, 0.05) is 6.04 Å². The summed E-state index contributed by atoms with van der Waals surface area (Å²) in [5.74, 6) is 1.55. The van der Waals surface area contributed by atoms with Gasteiger partial charge in [0.15, 0.2) is 0 Å². The molecule has 0 amide bonds. The summed E-state index contributed by atoms with van der Waals surface area (Å²) in [5.41, 5.74) is 5.72. The van der Waals surface area contributed by atoms with Gasteiger partial charge >= 0.3 is 0 Å². The molecule has 1 heterocycles. The lowest BCUT2D eigenvalue weighted by Crippen LogP contribution is -2.40. The number of likely N-dealkylation sites (tertiary alicyclic amines) is 1. The molecule has 1 aliphatic rings. The first-order valence-corrected chi connectivity index (χ1v) is 6.09. The molecule has 0 aliphatic carbocycles. The van der Waals surface area contributed by atoms with Crippen LogP contribution in [0, 0.1) is 11.8 Å². The van der Waals surface area contributed by atoms with Crippen LogP contribution in [0.25, 0.3) is 0 Å². The van der Waals surface area contributed by atoms with Crippen molar-refractivity contribution in [3.05, 3.63) is 0 Å². The Morgan fingerprint density at radius 1 is 1.29 bits per heavy atom. The number of hydrogen-bond acceptors (Lipinski definition) is 2. The second-order valence-corrected chi connectivity index (χ2v) is 5.03. The fourth-order valence-corrected chi connectivity index (χ4v) is 2.25. The third kappa shape index (κ3) is 3.25. The van der Waals surface area contributed by atoms with E-state index in [2.05, 4.69) is 25.7 Å². The standard InChI is InChI=1S/C12H26N2/c1-10-5-4-7-14(8-6-10)12(3)11(2)9-13/h10-12H,4-9,13H2,1-3H3. The zero-order valence-electron chi connectivity index (χ0n) is 10.00. The molecule has 2 heteroatoms. The highest BCUT2D eigenvalue weighted by molar-refractivity contribution is 4.76. The van der Waals surface area contributed by atoms with E-state index in [4.69, 9.17) is 5.73 Å². The van der Waals surface area contributed by atoms with Gasteiger partial charge in [-0.05, 0) is 57.7 Å². The van der Waals surface area contributed by atoms with Crippen LogP contribution in [0.4, 0.5) is 0 Å². The van der Waals surface area contributed by atoms with Gasteiger partial charge in [-0.25, -0.2) is 0 Å². The van der Waals surface area contributed by atoms with Gasteiger partial charge in [-0.15, -0.1) is 0 Å². The Bertz CT molecular complexity index is 158. The van der Waals surface area contributed by atoms with Crippen molar-refractivity contribution in [2.75, 3.05) is 19.6 Å². The van der Waals surface area contributed by atoms with Gasteiger partial charge in [-0.2, -0.15) is 0 Å². The summed E-state index contributed by atoms with van der Waals surface area (Å²) in [6.07, 6.45) is 4.13. The van der Waals surface area contributed by atoms with Gasteiger partial charge in [0.2, 0.25) is 0 Å². The number of nitrogens with two attached hydrogens (primary N) is 1. The molecule has 0 bridgehead atoms. The Balaban J connectivity index is 2.42. The van der Waals surface area contributed by atoms with E-state index in [-0.39, 0.29) is 0 Å². The minimum absolute atomic E-state index is 0.628. The van der Waals surface area contributed by atoms with E-state index in [0.29, 0.717) is 12.0 Å². The Morgan fingerprint density at radius 2 is 2.00 bits per heavy atom. The highest BCUT2D eigenvalue weighted by atomic mass is 15.2. The van der Waals surface area contributed by atoms with E-state index < -0.39 is 0 Å². The third-order valence-corrected chi connectivity index (χ3v) is 3.82. The van der Waals surface area contributed by atoms with Gasteiger partial charge < -0.3 is 10.6 Å². The van der Waals surface area contributed by atoms with Crippen LogP contribution in [0.2, 0.25) is 0 Å². The van der Waals surface area contributed by atoms with Crippen LogP contribution in [-0.4, -0.2) is 30.6 Å². The average Bonchev–Trinajstić information content (AvgIpc) is 2.40. The second kappa shape index (κ2) is 5.72. The Labute approximate surface area is 88.8 Å². The minimum Gasteiger partial charge on any atom is -0.330 e. The molecule has 0 aromatic heterocycles. The normalized spacial score (nSPS) is 29.6. The van der Waals surface area contributed by atoms with Crippen LogP contribution in [0.3, 0.4) is 0 Å². The summed E-state index contributed by atoms with van der Waals surface area (Å²) in [7, 11) is 0. The zero-order chi connectivity index (χ0) is 10.6. The summed E-state index contributed by atoms with van der Waals surface area (Å²) < 4.78 is 0. The predicted octanol–water partition coefficient (Wildman–Crippen LogP) is 2.09. The van der Waals surface area contributed by atoms with Crippen molar-refractivity contribution in [3.8, 4) is 0 Å². The van der Waals surface area contributed by atoms with Crippen LogP contribution in [-0.2, 0) is 0 Å². The van der Waals surface area contributed by atoms with E-state index in [1.807, 2.05) is 0 Å². The van der Waals surface area contributed by atoms with Crippen molar-refractivity contribution < 1.29 is 0 Å². The van der Waals surface area contributed by atoms with Crippen LogP contribution >= 0.6 is 0 Å². The molecule has 3 atom stereocenters. The van der Waals surface area contributed by atoms with Crippen molar-refractivity contribution in [2.45, 2.75) is 46.1 Å². The lowest BCUT2D eigenvalue weighted by molar-refractivity contribution is 0.168. The Kier molecular flexibility index (Phi) is 4.90. The van der Waals surface area contributed by atoms with Gasteiger partial charge in [0.25, 0.3) is 0 Å². The Hall–Kier alpha value is -0.0800. The number of nitrogens with zero attached hydrogens (tertiary/aromatic N) is 1. The summed E-state index contributed by atoms with van der Waals surface area (Å²) in [4.78, 5) is 2.63. The van der Waals surface area contributed by atoms with E-state index in [9.17, 15) is 0 Å². The summed E-state index contributed by atoms with van der Waals surface area (Å²) in [5, 5.41) is 0. The van der Waals surface area contributed by atoms with Crippen LogP contribution in [0.5, 0.6) is 0 Å². The summed E-state index contributed by atoms with van der Waals surface area (Å²) >= 11 is 0. The number of rotatable bonds is 3. The summed E-state index contributed by atoms with van der Waals surface area (Å²) in [6.45, 7) is 10.3. The molecule has 0 spiro atoms. The second-order valence-electron chi connectivity index (χ2n) is 5.03. The fourth-order valence-electron chi connectivity index (χ4n) is 2.25. The van der Waals surface area contributed by atoms with Crippen LogP contribution < -0.4 is 5.73 Å². The molecular weight excluding hydrogens is 172 g/mol. The molecule has 1 rings (SSSR count). The zero-order valence-corrected chi connectivity index (χ0v) is 10.00. The minimum atomic E-state index is 0.628. The van der Waals surface area contributed by atoms with Crippen LogP contribution in [0.15, 0.2) is 0 Å². The maximum Gasteiger partial charge on any atom is 0.0105 e. The van der Waals surface area contributed by atoms with Crippen molar-refractivity contribution >= 4 is 0 Å². The molecule has 2 N–H and O–H groups in total. The van der Waals surface area contributed by atoms with Gasteiger partial charge in [0.1, 0.15) is 0 Å². The topological polar surface area (TPSA) is 29.3 Å². The average molecular weight is 198 g/mol. The molecule has 0 aromatic rings. The smallest absolute Gasteiger partial charge is 0.0105 e. The van der Waals surface area contributed by atoms with Crippen molar-refractivity contribution in [1.82, 2.24) is 4.90 Å². The quantitative estimate of drug-likeness (QED) is 0.752. The first kappa shape index (κ1) is 12.0. The highest BCUT2D eigenvalue weighted by Crippen LogP contribution is 2.20. The van der Waals surface area contributed by atoms with Gasteiger partial charge in [-0.1, -0.05) is 13.8 Å². The molecule has 2 nitrogen and oxygen atoms in total. The van der Waals surface area contributed by atoms with Crippen molar-refractivity contribution in [3.63, 3.8) is 0 Å². The van der Waals surface area contributed by atoms with E-state index in [1.165, 1.54) is 32.4 Å². The maximum absolute atomic E-state index is 5.72. The van der Waals surface area contributed by atoms with E-state index >= 15 is 0 Å². The maximum atomic E-state index is 5.72. The molecule has 0 saturated carbocycles. The third-order valence-electron chi connectivity index (χ3n) is 3.82. The molecule has 1 aliphatic heterocycles.